The number of hydrogen-bond donors (Lipinski definition) is 3. The molecule has 1 aromatic carbocycles. The van der Waals surface area contributed by atoms with Gasteiger partial charge in [-0.2, -0.15) is 0 Å². The highest BCUT2D eigenvalue weighted by molar-refractivity contribution is 5.64. The van der Waals surface area contributed by atoms with Crippen molar-refractivity contribution in [1.82, 2.24) is 10.3 Å². The number of benzene rings is 2. The normalized spacial score (nSPS) is 17.1. The van der Waals surface area contributed by atoms with Crippen molar-refractivity contribution in [2.24, 2.45) is 5.92 Å². The fourth-order valence-electron chi connectivity index (χ4n) is 3.05. The summed E-state index contributed by atoms with van der Waals surface area (Å²) >= 11 is 0. The monoisotopic (exact) mass is 296 g/mol. The number of aromatic amines is 1. The second-order valence-electron chi connectivity index (χ2n) is 6.05. The van der Waals surface area contributed by atoms with Crippen molar-refractivity contribution in [3.63, 3.8) is 0 Å². The Morgan fingerprint density at radius 2 is 1.50 bits per heavy atom. The Balaban J connectivity index is 0.000000169. The standard InChI is InChI=1S/C13H19NO.C6H5N/c15-13(12-6-8-14-9-7-12)10-11-4-2-1-3-5-11;1-2-6-4-3-5(1)7-6/h1-5,12-15H,6-10H2;1-4,7H. The van der Waals surface area contributed by atoms with Gasteiger partial charge in [-0.15, -0.1) is 0 Å². The predicted octanol–water partition coefficient (Wildman–Crippen LogP) is 3.20. The molecule has 0 amide bonds. The number of fused-ring (bicyclic) bond motifs is 2. The van der Waals surface area contributed by atoms with E-state index >= 15 is 0 Å². The number of nitrogens with one attached hydrogen (secondary N) is 2. The minimum Gasteiger partial charge on any atom is -0.392 e. The van der Waals surface area contributed by atoms with Gasteiger partial charge in [0.1, 0.15) is 0 Å². The number of hydrogen-bond acceptors (Lipinski definition) is 2. The average molecular weight is 296 g/mol. The van der Waals surface area contributed by atoms with E-state index in [-0.39, 0.29) is 6.10 Å². The predicted molar refractivity (Wildman–Crippen MR) is 91.2 cm³/mol. The molecule has 3 N–H and O–H groups in total. The van der Waals surface area contributed by atoms with E-state index in [1.54, 1.807) is 0 Å². The van der Waals surface area contributed by atoms with Crippen LogP contribution in [0, 0.1) is 5.92 Å². The molecule has 1 atom stereocenters. The second-order valence-corrected chi connectivity index (χ2v) is 6.05. The van der Waals surface area contributed by atoms with Crippen LogP contribution < -0.4 is 5.32 Å². The summed E-state index contributed by atoms with van der Waals surface area (Å²) in [5.41, 5.74) is 3.67. The molecule has 2 aromatic heterocycles. The molecule has 0 spiro atoms. The van der Waals surface area contributed by atoms with E-state index in [2.05, 4.69) is 46.7 Å². The fraction of sp³-hybridized carbons (Fsp3) is 0.368. The van der Waals surface area contributed by atoms with Crippen molar-refractivity contribution < 1.29 is 5.11 Å². The first kappa shape index (κ1) is 15.1. The van der Waals surface area contributed by atoms with Crippen LogP contribution in [0.3, 0.4) is 0 Å². The van der Waals surface area contributed by atoms with Crippen LogP contribution in [0.1, 0.15) is 18.4 Å². The van der Waals surface area contributed by atoms with Gasteiger partial charge in [0.25, 0.3) is 0 Å². The van der Waals surface area contributed by atoms with Gasteiger partial charge in [-0.3, -0.25) is 0 Å². The maximum absolute atomic E-state index is 10.1. The first-order valence-electron chi connectivity index (χ1n) is 8.11. The van der Waals surface area contributed by atoms with Crippen LogP contribution in [0.4, 0.5) is 0 Å². The van der Waals surface area contributed by atoms with E-state index in [0.717, 1.165) is 32.4 Å². The molecule has 22 heavy (non-hydrogen) atoms. The smallest absolute Gasteiger partial charge is 0.0609 e. The van der Waals surface area contributed by atoms with Crippen LogP contribution in [0.5, 0.6) is 0 Å². The van der Waals surface area contributed by atoms with Crippen molar-refractivity contribution in [2.75, 3.05) is 13.1 Å². The maximum Gasteiger partial charge on any atom is 0.0609 e. The van der Waals surface area contributed by atoms with Crippen molar-refractivity contribution >= 4 is 11.0 Å². The van der Waals surface area contributed by atoms with Crippen molar-refractivity contribution in [1.29, 1.82) is 0 Å². The summed E-state index contributed by atoms with van der Waals surface area (Å²) in [6.07, 6.45) is 2.84. The minimum atomic E-state index is -0.172. The molecule has 1 fully saturated rings. The molecule has 1 aliphatic rings. The highest BCUT2D eigenvalue weighted by atomic mass is 16.3. The summed E-state index contributed by atoms with van der Waals surface area (Å²) < 4.78 is 0. The molecular weight excluding hydrogens is 272 g/mol. The Bertz CT molecular complexity index is 598. The molecule has 0 saturated carbocycles. The lowest BCUT2D eigenvalue weighted by Crippen LogP contribution is -2.34. The van der Waals surface area contributed by atoms with Gasteiger partial charge >= 0.3 is 0 Å². The van der Waals surface area contributed by atoms with Crippen molar-refractivity contribution in [3.05, 3.63) is 60.2 Å². The van der Waals surface area contributed by atoms with E-state index in [0.29, 0.717) is 5.92 Å². The number of aliphatic hydroxyl groups is 1. The van der Waals surface area contributed by atoms with Gasteiger partial charge in [0, 0.05) is 11.0 Å². The highest BCUT2D eigenvalue weighted by Crippen LogP contribution is 2.19. The number of aliphatic hydroxyl groups excluding tert-OH is 1. The third kappa shape index (κ3) is 4.09. The van der Waals surface area contributed by atoms with Crippen LogP contribution in [-0.4, -0.2) is 29.3 Å². The third-order valence-corrected chi connectivity index (χ3v) is 4.39. The van der Waals surface area contributed by atoms with E-state index in [1.165, 1.54) is 16.6 Å². The van der Waals surface area contributed by atoms with Gasteiger partial charge in [0.15, 0.2) is 0 Å². The average Bonchev–Trinajstić information content (AvgIpc) is 3.23. The van der Waals surface area contributed by atoms with Gasteiger partial charge in [0.2, 0.25) is 0 Å². The van der Waals surface area contributed by atoms with Gasteiger partial charge in [-0.1, -0.05) is 30.3 Å². The SMILES string of the molecule is OC(Cc1ccccc1)C1CCNCC1.c1cc2ccc1[nH]2. The first-order chi connectivity index (χ1) is 10.8. The summed E-state index contributed by atoms with van der Waals surface area (Å²) in [6, 6.07) is 18.5. The number of aromatic nitrogens is 1. The maximum atomic E-state index is 10.1. The van der Waals surface area contributed by atoms with E-state index in [9.17, 15) is 5.11 Å². The summed E-state index contributed by atoms with van der Waals surface area (Å²) in [4.78, 5) is 3.14. The van der Waals surface area contributed by atoms with Gasteiger partial charge in [-0.05, 0) is 68.1 Å². The molecule has 3 aromatic rings. The lowest BCUT2D eigenvalue weighted by molar-refractivity contribution is 0.0891. The molecule has 1 unspecified atom stereocenters. The summed E-state index contributed by atoms with van der Waals surface area (Å²) in [5, 5.41) is 13.4. The number of piperidine rings is 1. The van der Waals surface area contributed by atoms with Crippen LogP contribution >= 0.6 is 0 Å². The Morgan fingerprint density at radius 1 is 0.909 bits per heavy atom. The lowest BCUT2D eigenvalue weighted by atomic mass is 9.89. The topological polar surface area (TPSA) is 48.0 Å². The molecule has 4 rings (SSSR count). The molecule has 3 nitrogen and oxygen atoms in total. The van der Waals surface area contributed by atoms with Crippen LogP contribution in [0.15, 0.2) is 54.6 Å². The molecule has 0 radical (unpaired) electrons. The molecule has 1 saturated heterocycles. The van der Waals surface area contributed by atoms with E-state index in [1.807, 2.05) is 18.2 Å². The Morgan fingerprint density at radius 3 is 2.00 bits per heavy atom. The zero-order valence-electron chi connectivity index (χ0n) is 12.8. The number of H-pyrrole nitrogens is 1. The van der Waals surface area contributed by atoms with Crippen LogP contribution in [0.2, 0.25) is 0 Å². The quantitative estimate of drug-likeness (QED) is 0.695. The molecular formula is C19H24N2O. The zero-order valence-corrected chi connectivity index (χ0v) is 12.8. The molecule has 1 aliphatic heterocycles. The van der Waals surface area contributed by atoms with Crippen molar-refractivity contribution in [2.45, 2.75) is 25.4 Å². The molecule has 3 heterocycles. The zero-order chi connectivity index (χ0) is 15.2. The summed E-state index contributed by atoms with van der Waals surface area (Å²) in [7, 11) is 0. The highest BCUT2D eigenvalue weighted by Gasteiger charge is 2.21. The van der Waals surface area contributed by atoms with E-state index in [4.69, 9.17) is 0 Å². The molecule has 0 aliphatic carbocycles. The molecule has 116 valence electrons. The van der Waals surface area contributed by atoms with Gasteiger partial charge < -0.3 is 15.4 Å². The van der Waals surface area contributed by atoms with Crippen LogP contribution in [-0.2, 0) is 6.42 Å². The Kier molecular flexibility index (Phi) is 5.09. The Labute approximate surface area is 131 Å². The molecule has 2 bridgehead atoms. The third-order valence-electron chi connectivity index (χ3n) is 4.39. The van der Waals surface area contributed by atoms with Crippen molar-refractivity contribution in [3.8, 4) is 0 Å². The minimum absolute atomic E-state index is 0.172. The van der Waals surface area contributed by atoms with Gasteiger partial charge in [0.05, 0.1) is 6.10 Å². The summed E-state index contributed by atoms with van der Waals surface area (Å²) in [6.45, 7) is 2.10. The van der Waals surface area contributed by atoms with Crippen LogP contribution in [0.25, 0.3) is 11.0 Å². The Hall–Kier alpha value is -1.84. The number of rotatable bonds is 3. The molecule has 3 heteroatoms. The van der Waals surface area contributed by atoms with E-state index < -0.39 is 0 Å². The second kappa shape index (κ2) is 7.43. The lowest BCUT2D eigenvalue weighted by Gasteiger charge is -2.27. The van der Waals surface area contributed by atoms with Gasteiger partial charge in [-0.25, -0.2) is 0 Å². The largest absolute Gasteiger partial charge is 0.392 e. The fourth-order valence-corrected chi connectivity index (χ4v) is 3.05. The first-order valence-corrected chi connectivity index (χ1v) is 8.11. The summed E-state index contributed by atoms with van der Waals surface area (Å²) in [5.74, 6) is 0.478.